The maximum absolute atomic E-state index is 5.71. The summed E-state index contributed by atoms with van der Waals surface area (Å²) in [6.45, 7) is 13.3. The summed E-state index contributed by atoms with van der Waals surface area (Å²) in [7, 11) is 3.90. The Morgan fingerprint density at radius 2 is 1.89 bits per heavy atom. The summed E-state index contributed by atoms with van der Waals surface area (Å²) < 4.78 is 7.87. The fraction of sp³-hybridized carbons (Fsp3) is 0.643. The lowest BCUT2D eigenvalue weighted by atomic mass is 9.76. The van der Waals surface area contributed by atoms with Crippen molar-refractivity contribution in [2.45, 2.75) is 84.3 Å². The number of pyridine rings is 1. The molecule has 0 N–H and O–H groups in total. The predicted octanol–water partition coefficient (Wildman–Crippen LogP) is 5.22. The number of imidazole rings is 1. The average Bonchev–Trinajstić information content (AvgIpc) is 3.40. The van der Waals surface area contributed by atoms with E-state index in [1.54, 1.807) is 6.33 Å². The molecule has 1 atom stereocenters. The Kier molecular flexibility index (Phi) is 7.30. The van der Waals surface area contributed by atoms with Gasteiger partial charge in [-0.1, -0.05) is 12.5 Å². The zero-order valence-corrected chi connectivity index (χ0v) is 22.6. The molecular formula is C28H42N6O. The minimum Gasteiger partial charge on any atom is -0.379 e. The molecule has 0 aromatic carbocycles. The molecule has 1 fully saturated rings. The number of hydrogen-bond acceptors (Lipinski definition) is 6. The summed E-state index contributed by atoms with van der Waals surface area (Å²) >= 11 is 0. The monoisotopic (exact) mass is 478 g/mol. The number of ether oxygens (including phenoxy) is 1. The second kappa shape index (κ2) is 9.94. The summed E-state index contributed by atoms with van der Waals surface area (Å²) in [5.41, 5.74) is 4.25. The van der Waals surface area contributed by atoms with Crippen molar-refractivity contribution in [2.24, 2.45) is 12.5 Å². The van der Waals surface area contributed by atoms with E-state index in [4.69, 9.17) is 9.72 Å². The number of likely N-dealkylation sites (tertiary alicyclic amines) is 1. The van der Waals surface area contributed by atoms with Crippen LogP contribution in [0, 0.1) is 12.3 Å². The lowest BCUT2D eigenvalue weighted by molar-refractivity contribution is 0.0102. The number of aryl methyl sites for hydroxylation is 3. The summed E-state index contributed by atoms with van der Waals surface area (Å²) in [6, 6.07) is 4.37. The normalized spacial score (nSPS) is 19.6. The SMILES string of the molecule is COC(C)(C)CCC[C@@]1(CCc2nc3ncncc3n2C)CCN(C(C)(C)c2ccc(C)nc2)C1. The molecule has 0 unspecified atom stereocenters. The van der Waals surface area contributed by atoms with Crippen LogP contribution < -0.4 is 0 Å². The molecule has 4 heterocycles. The van der Waals surface area contributed by atoms with Crippen molar-refractivity contribution in [3.8, 4) is 0 Å². The lowest BCUT2D eigenvalue weighted by Crippen LogP contribution is -2.41. The molecule has 0 bridgehead atoms. The molecule has 0 radical (unpaired) electrons. The zero-order chi connectivity index (χ0) is 25.3. The Bertz CT molecular complexity index is 1140. The highest BCUT2D eigenvalue weighted by molar-refractivity contribution is 5.69. The van der Waals surface area contributed by atoms with Gasteiger partial charge in [-0.2, -0.15) is 0 Å². The largest absolute Gasteiger partial charge is 0.379 e. The molecule has 3 aromatic heterocycles. The first-order valence-electron chi connectivity index (χ1n) is 12.9. The highest BCUT2D eigenvalue weighted by Crippen LogP contribution is 2.45. The Morgan fingerprint density at radius 3 is 2.57 bits per heavy atom. The number of hydrogen-bond donors (Lipinski definition) is 0. The van der Waals surface area contributed by atoms with E-state index in [0.717, 1.165) is 61.5 Å². The van der Waals surface area contributed by atoms with Crippen LogP contribution in [0.3, 0.4) is 0 Å². The molecule has 190 valence electrons. The van der Waals surface area contributed by atoms with Gasteiger partial charge in [0, 0.05) is 44.6 Å². The average molecular weight is 479 g/mol. The molecule has 1 aliphatic heterocycles. The molecule has 0 saturated carbocycles. The first-order valence-corrected chi connectivity index (χ1v) is 12.9. The molecule has 3 aromatic rings. The highest BCUT2D eigenvalue weighted by atomic mass is 16.5. The van der Waals surface area contributed by atoms with E-state index in [2.05, 4.69) is 77.5 Å². The Balaban J connectivity index is 1.53. The number of aromatic nitrogens is 5. The van der Waals surface area contributed by atoms with Gasteiger partial charge in [-0.05, 0) is 83.9 Å². The van der Waals surface area contributed by atoms with E-state index in [0.29, 0.717) is 0 Å². The zero-order valence-electron chi connectivity index (χ0n) is 22.6. The second-order valence-electron chi connectivity index (χ2n) is 11.6. The summed E-state index contributed by atoms with van der Waals surface area (Å²) in [6.07, 6.45) is 12.2. The second-order valence-corrected chi connectivity index (χ2v) is 11.6. The molecule has 0 amide bonds. The third-order valence-corrected chi connectivity index (χ3v) is 8.42. The van der Waals surface area contributed by atoms with Gasteiger partial charge >= 0.3 is 0 Å². The van der Waals surface area contributed by atoms with Crippen LogP contribution in [0.1, 0.15) is 76.9 Å². The molecule has 0 aliphatic carbocycles. The van der Waals surface area contributed by atoms with Gasteiger partial charge in [0.05, 0.1) is 11.8 Å². The standard InChI is InChI=1S/C28H42N6O/c1-21-9-10-22(17-30-21)27(4,5)34-16-15-28(19-34,13-8-12-26(2,3)35-7)14-11-24-32-25-23(33(24)6)18-29-20-31-25/h9-10,17-18,20H,8,11-16,19H2,1-7H3/t28-/m1/s1. The Morgan fingerprint density at radius 1 is 1.09 bits per heavy atom. The maximum Gasteiger partial charge on any atom is 0.180 e. The van der Waals surface area contributed by atoms with Crippen LogP contribution in [0.2, 0.25) is 0 Å². The van der Waals surface area contributed by atoms with E-state index in [1.165, 1.54) is 18.4 Å². The van der Waals surface area contributed by atoms with Crippen LogP contribution in [-0.2, 0) is 23.7 Å². The van der Waals surface area contributed by atoms with Gasteiger partial charge in [-0.15, -0.1) is 0 Å². The minimum absolute atomic E-state index is 0.0538. The fourth-order valence-corrected chi connectivity index (χ4v) is 5.52. The molecule has 1 aliphatic rings. The smallest absolute Gasteiger partial charge is 0.180 e. The van der Waals surface area contributed by atoms with Crippen molar-refractivity contribution in [3.05, 3.63) is 47.9 Å². The minimum atomic E-state index is -0.0810. The summed E-state index contributed by atoms with van der Waals surface area (Å²) in [4.78, 5) is 20.6. The molecule has 35 heavy (non-hydrogen) atoms. The van der Waals surface area contributed by atoms with Crippen LogP contribution in [0.25, 0.3) is 11.2 Å². The van der Waals surface area contributed by atoms with Crippen LogP contribution in [0.15, 0.2) is 30.9 Å². The molecule has 4 rings (SSSR count). The van der Waals surface area contributed by atoms with Crippen molar-refractivity contribution in [1.29, 1.82) is 0 Å². The van der Waals surface area contributed by atoms with Crippen molar-refractivity contribution in [1.82, 2.24) is 29.4 Å². The lowest BCUT2D eigenvalue weighted by Gasteiger charge is -2.38. The Hall–Kier alpha value is -2.38. The van der Waals surface area contributed by atoms with Crippen LogP contribution >= 0.6 is 0 Å². The molecule has 7 nitrogen and oxygen atoms in total. The van der Waals surface area contributed by atoms with E-state index >= 15 is 0 Å². The first-order chi connectivity index (χ1) is 16.6. The van der Waals surface area contributed by atoms with Gasteiger partial charge in [0.2, 0.25) is 0 Å². The molecule has 1 saturated heterocycles. The first kappa shape index (κ1) is 25.7. The van der Waals surface area contributed by atoms with Crippen molar-refractivity contribution in [3.63, 3.8) is 0 Å². The third-order valence-electron chi connectivity index (χ3n) is 8.42. The van der Waals surface area contributed by atoms with Crippen LogP contribution in [0.5, 0.6) is 0 Å². The van der Waals surface area contributed by atoms with E-state index in [9.17, 15) is 0 Å². The van der Waals surface area contributed by atoms with Gasteiger partial charge in [-0.3, -0.25) is 9.88 Å². The van der Waals surface area contributed by atoms with E-state index in [1.807, 2.05) is 20.2 Å². The van der Waals surface area contributed by atoms with E-state index in [-0.39, 0.29) is 16.6 Å². The van der Waals surface area contributed by atoms with Crippen molar-refractivity contribution >= 4 is 11.2 Å². The molecular weight excluding hydrogens is 436 g/mol. The number of fused-ring (bicyclic) bond motifs is 1. The third kappa shape index (κ3) is 5.56. The van der Waals surface area contributed by atoms with Gasteiger partial charge < -0.3 is 9.30 Å². The van der Waals surface area contributed by atoms with Crippen LogP contribution in [-0.4, -0.2) is 55.2 Å². The van der Waals surface area contributed by atoms with Crippen molar-refractivity contribution in [2.75, 3.05) is 20.2 Å². The predicted molar refractivity (Wildman–Crippen MR) is 140 cm³/mol. The highest BCUT2D eigenvalue weighted by Gasteiger charge is 2.43. The van der Waals surface area contributed by atoms with Gasteiger partial charge in [0.15, 0.2) is 5.65 Å². The number of nitrogens with zero attached hydrogens (tertiary/aromatic N) is 6. The molecule has 7 heteroatoms. The topological polar surface area (TPSA) is 69.0 Å². The van der Waals surface area contributed by atoms with Crippen LogP contribution in [0.4, 0.5) is 0 Å². The number of rotatable bonds is 10. The molecule has 0 spiro atoms. The van der Waals surface area contributed by atoms with Gasteiger partial charge in [0.25, 0.3) is 0 Å². The fourth-order valence-electron chi connectivity index (χ4n) is 5.52. The van der Waals surface area contributed by atoms with Gasteiger partial charge in [0.1, 0.15) is 17.7 Å². The maximum atomic E-state index is 5.71. The summed E-state index contributed by atoms with van der Waals surface area (Å²) in [5.74, 6) is 1.09. The number of methoxy groups -OCH3 is 1. The summed E-state index contributed by atoms with van der Waals surface area (Å²) in [5, 5.41) is 0. The Labute approximate surface area is 210 Å². The van der Waals surface area contributed by atoms with E-state index < -0.39 is 0 Å². The van der Waals surface area contributed by atoms with Gasteiger partial charge in [-0.25, -0.2) is 15.0 Å². The quantitative estimate of drug-likeness (QED) is 0.398. The van der Waals surface area contributed by atoms with Crippen molar-refractivity contribution < 1.29 is 4.74 Å².